The summed E-state index contributed by atoms with van der Waals surface area (Å²) in [5.74, 6) is 1.18. The molecule has 5 nitrogen and oxygen atoms in total. The van der Waals surface area contributed by atoms with E-state index in [1.165, 1.54) is 18.9 Å². The molecule has 31 heavy (non-hydrogen) atoms. The number of ether oxygens (including phenoxy) is 2. The Morgan fingerprint density at radius 1 is 1.10 bits per heavy atom. The van der Waals surface area contributed by atoms with Gasteiger partial charge in [-0.1, -0.05) is 18.2 Å². The maximum atomic E-state index is 14.4. The van der Waals surface area contributed by atoms with Gasteiger partial charge < -0.3 is 14.8 Å². The van der Waals surface area contributed by atoms with Gasteiger partial charge in [-0.15, -0.1) is 0 Å². The highest BCUT2D eigenvalue weighted by Gasteiger charge is 2.22. The molecule has 0 bridgehead atoms. The van der Waals surface area contributed by atoms with Crippen LogP contribution in [-0.4, -0.2) is 24.0 Å². The molecule has 3 aromatic rings. The third kappa shape index (κ3) is 5.60. The summed E-state index contributed by atoms with van der Waals surface area (Å²) in [7, 11) is 0. The average molecular weight is 420 g/mol. The van der Waals surface area contributed by atoms with E-state index in [0.717, 1.165) is 17.7 Å². The largest absolute Gasteiger partial charge is 0.489 e. The van der Waals surface area contributed by atoms with Crippen LogP contribution in [0.25, 0.3) is 11.1 Å². The average Bonchev–Trinajstić information content (AvgIpc) is 3.62. The van der Waals surface area contributed by atoms with E-state index < -0.39 is 5.82 Å². The number of hydrogen-bond acceptors (Lipinski definition) is 4. The van der Waals surface area contributed by atoms with E-state index in [4.69, 9.17) is 9.47 Å². The van der Waals surface area contributed by atoms with Crippen molar-refractivity contribution in [1.82, 2.24) is 10.3 Å². The topological polar surface area (TPSA) is 60.5 Å². The maximum Gasteiger partial charge on any atom is 0.251 e. The molecule has 1 aliphatic carbocycles. The van der Waals surface area contributed by atoms with Crippen molar-refractivity contribution >= 4 is 5.91 Å². The highest BCUT2D eigenvalue weighted by molar-refractivity contribution is 5.94. The van der Waals surface area contributed by atoms with E-state index >= 15 is 0 Å². The highest BCUT2D eigenvalue weighted by Crippen LogP contribution is 2.30. The minimum Gasteiger partial charge on any atom is -0.489 e. The first-order valence-corrected chi connectivity index (χ1v) is 10.5. The molecule has 1 aliphatic rings. The summed E-state index contributed by atoms with van der Waals surface area (Å²) in [4.78, 5) is 16.2. The Labute approximate surface area is 181 Å². The zero-order valence-corrected chi connectivity index (χ0v) is 17.4. The number of nitrogens with zero attached hydrogens (tertiary/aromatic N) is 1. The van der Waals surface area contributed by atoms with Crippen LogP contribution in [0.15, 0.2) is 60.8 Å². The van der Waals surface area contributed by atoms with E-state index in [2.05, 4.69) is 10.3 Å². The molecular weight excluding hydrogens is 395 g/mol. The van der Waals surface area contributed by atoms with Gasteiger partial charge in [-0.3, -0.25) is 4.79 Å². The Kier molecular flexibility index (Phi) is 6.46. The van der Waals surface area contributed by atoms with Gasteiger partial charge in [0.2, 0.25) is 5.88 Å². The zero-order valence-electron chi connectivity index (χ0n) is 17.4. The second kappa shape index (κ2) is 9.60. The van der Waals surface area contributed by atoms with E-state index in [-0.39, 0.29) is 12.5 Å². The molecule has 1 amide bonds. The molecule has 4 rings (SSSR count). The van der Waals surface area contributed by atoms with E-state index in [9.17, 15) is 9.18 Å². The van der Waals surface area contributed by atoms with Crippen molar-refractivity contribution in [3.05, 3.63) is 77.7 Å². The van der Waals surface area contributed by atoms with Crippen molar-refractivity contribution in [2.45, 2.75) is 26.4 Å². The monoisotopic (exact) mass is 420 g/mol. The quantitative estimate of drug-likeness (QED) is 0.529. The molecule has 0 saturated heterocycles. The molecule has 0 radical (unpaired) electrons. The van der Waals surface area contributed by atoms with Gasteiger partial charge in [0.25, 0.3) is 5.91 Å². The molecule has 1 aromatic heterocycles. The smallest absolute Gasteiger partial charge is 0.251 e. The first-order valence-electron chi connectivity index (χ1n) is 10.5. The summed E-state index contributed by atoms with van der Waals surface area (Å²) < 4.78 is 25.8. The lowest BCUT2D eigenvalue weighted by Gasteiger charge is -2.10. The van der Waals surface area contributed by atoms with Gasteiger partial charge in [-0.05, 0) is 61.6 Å². The van der Waals surface area contributed by atoms with Gasteiger partial charge in [0.15, 0.2) is 0 Å². The van der Waals surface area contributed by atoms with Gasteiger partial charge >= 0.3 is 0 Å². The molecular formula is C25H25FN2O3. The zero-order chi connectivity index (χ0) is 21.6. The standard InChI is InChI=1S/C25H25FN2O3/c1-2-27-25(29)19-8-9-21(23(26)13-19)16-30-22-5-3-4-18(12-22)20-10-11-24(28-14-20)31-15-17-6-7-17/h3-5,8-14,17H,2,6-7,15-16H2,1H3,(H,27,29). The Bertz CT molecular complexity index is 1050. The Morgan fingerprint density at radius 2 is 1.97 bits per heavy atom. The fourth-order valence-electron chi connectivity index (χ4n) is 3.12. The van der Waals surface area contributed by atoms with Crippen molar-refractivity contribution in [1.29, 1.82) is 0 Å². The number of nitrogens with one attached hydrogen (secondary N) is 1. The van der Waals surface area contributed by atoms with Gasteiger partial charge in [-0.2, -0.15) is 0 Å². The van der Waals surface area contributed by atoms with Crippen molar-refractivity contribution in [2.24, 2.45) is 5.92 Å². The molecule has 6 heteroatoms. The molecule has 0 spiro atoms. The lowest BCUT2D eigenvalue weighted by Crippen LogP contribution is -2.22. The van der Waals surface area contributed by atoms with Crippen LogP contribution in [-0.2, 0) is 6.61 Å². The summed E-state index contributed by atoms with van der Waals surface area (Å²) in [6, 6.07) is 15.8. The predicted molar refractivity (Wildman–Crippen MR) is 117 cm³/mol. The number of aromatic nitrogens is 1. The maximum absolute atomic E-state index is 14.4. The molecule has 160 valence electrons. The minimum absolute atomic E-state index is 0.0666. The highest BCUT2D eigenvalue weighted by atomic mass is 19.1. The number of carbonyl (C=O) groups excluding carboxylic acids is 1. The molecule has 2 aromatic carbocycles. The first kappa shape index (κ1) is 20.8. The van der Waals surface area contributed by atoms with E-state index in [1.807, 2.05) is 43.3 Å². The third-order valence-electron chi connectivity index (χ3n) is 5.11. The van der Waals surface area contributed by atoms with Crippen molar-refractivity contribution < 1.29 is 18.7 Å². The molecule has 1 heterocycles. The number of hydrogen-bond donors (Lipinski definition) is 1. The summed E-state index contributed by atoms with van der Waals surface area (Å²) in [6.07, 6.45) is 4.27. The van der Waals surface area contributed by atoms with Crippen LogP contribution >= 0.6 is 0 Å². The van der Waals surface area contributed by atoms with Crippen LogP contribution in [0.5, 0.6) is 11.6 Å². The normalized spacial score (nSPS) is 13.0. The Balaban J connectivity index is 1.39. The molecule has 1 fully saturated rings. The van der Waals surface area contributed by atoms with Crippen LogP contribution < -0.4 is 14.8 Å². The molecule has 0 atom stereocenters. The van der Waals surface area contributed by atoms with Gasteiger partial charge in [0.05, 0.1) is 6.61 Å². The van der Waals surface area contributed by atoms with Gasteiger partial charge in [0, 0.05) is 35.5 Å². The third-order valence-corrected chi connectivity index (χ3v) is 5.11. The minimum atomic E-state index is -0.467. The van der Waals surface area contributed by atoms with Crippen LogP contribution in [0.4, 0.5) is 4.39 Å². The van der Waals surface area contributed by atoms with Crippen LogP contribution in [0.3, 0.4) is 0 Å². The SMILES string of the molecule is CCNC(=O)c1ccc(COc2cccc(-c3ccc(OCC4CC4)nc3)c2)c(F)c1. The molecule has 1 N–H and O–H groups in total. The van der Waals surface area contributed by atoms with Crippen LogP contribution in [0.2, 0.25) is 0 Å². The van der Waals surface area contributed by atoms with Crippen molar-refractivity contribution in [3.8, 4) is 22.8 Å². The van der Waals surface area contributed by atoms with E-state index in [0.29, 0.717) is 35.2 Å². The second-order valence-corrected chi connectivity index (χ2v) is 7.62. The molecule has 0 unspecified atom stereocenters. The second-order valence-electron chi connectivity index (χ2n) is 7.62. The summed E-state index contributed by atoms with van der Waals surface area (Å²) in [5.41, 5.74) is 2.58. The number of benzene rings is 2. The van der Waals surface area contributed by atoms with Crippen molar-refractivity contribution in [3.63, 3.8) is 0 Å². The van der Waals surface area contributed by atoms with Crippen LogP contribution in [0.1, 0.15) is 35.7 Å². The Hall–Kier alpha value is -3.41. The molecule has 1 saturated carbocycles. The van der Waals surface area contributed by atoms with Gasteiger partial charge in [-0.25, -0.2) is 9.37 Å². The van der Waals surface area contributed by atoms with Crippen LogP contribution in [0, 0.1) is 11.7 Å². The summed E-state index contributed by atoms with van der Waals surface area (Å²) in [5, 5.41) is 2.66. The van der Waals surface area contributed by atoms with Gasteiger partial charge in [0.1, 0.15) is 18.2 Å². The number of halogens is 1. The summed E-state index contributed by atoms with van der Waals surface area (Å²) >= 11 is 0. The van der Waals surface area contributed by atoms with Crippen molar-refractivity contribution in [2.75, 3.05) is 13.2 Å². The fourth-order valence-corrected chi connectivity index (χ4v) is 3.12. The summed E-state index contributed by atoms with van der Waals surface area (Å²) in [6.45, 7) is 3.11. The molecule has 0 aliphatic heterocycles. The number of rotatable bonds is 9. The predicted octanol–water partition coefficient (Wildman–Crippen LogP) is 5.01. The fraction of sp³-hybridized carbons (Fsp3) is 0.280. The Morgan fingerprint density at radius 3 is 2.68 bits per heavy atom. The van der Waals surface area contributed by atoms with E-state index in [1.54, 1.807) is 18.3 Å². The number of pyridine rings is 1. The lowest BCUT2D eigenvalue weighted by molar-refractivity contribution is 0.0955. The first-order chi connectivity index (χ1) is 15.1. The number of amides is 1. The lowest BCUT2D eigenvalue weighted by atomic mass is 10.1. The number of carbonyl (C=O) groups is 1.